The molecule has 2 aliphatic heterocycles. The first kappa shape index (κ1) is 19.0. The second-order valence-electron chi connectivity index (χ2n) is 8.39. The van der Waals surface area contributed by atoms with Gasteiger partial charge in [-0.2, -0.15) is 0 Å². The number of halogens is 1. The molecule has 1 saturated heterocycles. The lowest BCUT2D eigenvalue weighted by atomic mass is 9.83. The molecule has 0 unspecified atom stereocenters. The van der Waals surface area contributed by atoms with E-state index in [4.69, 9.17) is 4.98 Å². The molecule has 1 aromatic carbocycles. The maximum Gasteiger partial charge on any atom is 0.129 e. The molecule has 4 heterocycles. The van der Waals surface area contributed by atoms with Crippen molar-refractivity contribution in [1.82, 2.24) is 19.4 Å². The van der Waals surface area contributed by atoms with Gasteiger partial charge in [-0.25, -0.2) is 9.37 Å². The van der Waals surface area contributed by atoms with Gasteiger partial charge in [-0.1, -0.05) is 12.1 Å². The van der Waals surface area contributed by atoms with Crippen LogP contribution in [0, 0.1) is 12.7 Å². The molecule has 0 N–H and O–H groups in total. The number of aromatic nitrogens is 2. The van der Waals surface area contributed by atoms with E-state index in [1.807, 2.05) is 23.6 Å². The lowest BCUT2D eigenvalue weighted by Crippen LogP contribution is -2.56. The van der Waals surface area contributed by atoms with E-state index < -0.39 is 0 Å². The molecule has 3 aromatic rings. The number of aryl methyl sites for hydroxylation is 1. The summed E-state index contributed by atoms with van der Waals surface area (Å²) < 4.78 is 16.1. The molecule has 0 saturated carbocycles. The second kappa shape index (κ2) is 7.35. The smallest absolute Gasteiger partial charge is 0.129 e. The molecule has 0 aliphatic carbocycles. The van der Waals surface area contributed by atoms with Crippen molar-refractivity contribution < 1.29 is 4.39 Å². The van der Waals surface area contributed by atoms with Gasteiger partial charge in [0.2, 0.25) is 0 Å². The summed E-state index contributed by atoms with van der Waals surface area (Å²) in [5.41, 5.74) is 3.32. The van der Waals surface area contributed by atoms with Gasteiger partial charge in [0.1, 0.15) is 11.6 Å². The summed E-state index contributed by atoms with van der Waals surface area (Å²) in [6, 6.07) is 9.08. The van der Waals surface area contributed by atoms with E-state index in [0.29, 0.717) is 0 Å². The average Bonchev–Trinajstić information content (AvgIpc) is 3.33. The first-order valence-corrected chi connectivity index (χ1v) is 11.2. The van der Waals surface area contributed by atoms with Gasteiger partial charge in [-0.3, -0.25) is 9.80 Å². The summed E-state index contributed by atoms with van der Waals surface area (Å²) >= 11 is 1.86. The predicted octanol–water partition coefficient (Wildman–Crippen LogP) is 4.50. The minimum Gasteiger partial charge on any atom is -0.325 e. The van der Waals surface area contributed by atoms with Crippen molar-refractivity contribution >= 4 is 11.3 Å². The van der Waals surface area contributed by atoms with Crippen LogP contribution in [0.3, 0.4) is 0 Å². The number of rotatable bonds is 3. The van der Waals surface area contributed by atoms with Gasteiger partial charge in [0.15, 0.2) is 0 Å². The Morgan fingerprint density at radius 1 is 1.14 bits per heavy atom. The highest BCUT2D eigenvalue weighted by Crippen LogP contribution is 2.42. The van der Waals surface area contributed by atoms with Gasteiger partial charge < -0.3 is 4.57 Å². The van der Waals surface area contributed by atoms with Crippen molar-refractivity contribution in [2.24, 2.45) is 0 Å². The van der Waals surface area contributed by atoms with Gasteiger partial charge in [-0.05, 0) is 56.0 Å². The summed E-state index contributed by atoms with van der Waals surface area (Å²) in [7, 11) is 2.24. The van der Waals surface area contributed by atoms with E-state index in [1.54, 1.807) is 12.1 Å². The third-order valence-corrected chi connectivity index (χ3v) is 7.81. The number of nitrogens with zero attached hydrogens (tertiary/aromatic N) is 4. The van der Waals surface area contributed by atoms with E-state index >= 15 is 0 Å². The first-order chi connectivity index (χ1) is 14.1. The highest BCUT2D eigenvalue weighted by molar-refractivity contribution is 7.10. The Balaban J connectivity index is 1.41. The van der Waals surface area contributed by atoms with Crippen molar-refractivity contribution in [3.63, 3.8) is 0 Å². The molecule has 0 bridgehead atoms. The highest BCUT2D eigenvalue weighted by Gasteiger charge is 2.45. The molecule has 1 fully saturated rings. The first-order valence-electron chi connectivity index (χ1n) is 10.4. The standard InChI is InChI=1S/C23H27FN4S/c1-17-6-13-29-21(17)16-27-9-7-23(8-10-27)22-25-15-20(28(22)12-11-26(23)2)18-4-3-5-19(24)14-18/h3-6,13-15H,7-12,16H2,1-2H3. The van der Waals surface area contributed by atoms with Crippen LogP contribution >= 0.6 is 11.3 Å². The fourth-order valence-corrected chi connectivity index (χ4v) is 5.89. The van der Waals surface area contributed by atoms with Crippen LogP contribution in [-0.4, -0.2) is 46.0 Å². The number of fused-ring (bicyclic) bond motifs is 2. The average molecular weight is 411 g/mol. The van der Waals surface area contributed by atoms with Crippen LogP contribution in [0.2, 0.25) is 0 Å². The lowest BCUT2D eigenvalue weighted by molar-refractivity contribution is 0.00721. The van der Waals surface area contributed by atoms with Crippen molar-refractivity contribution in [3.05, 3.63) is 64.0 Å². The topological polar surface area (TPSA) is 24.3 Å². The molecule has 152 valence electrons. The van der Waals surface area contributed by atoms with Crippen molar-refractivity contribution in [3.8, 4) is 11.3 Å². The molecule has 6 heteroatoms. The van der Waals surface area contributed by atoms with Crippen LogP contribution < -0.4 is 0 Å². The minimum atomic E-state index is -0.196. The van der Waals surface area contributed by atoms with Gasteiger partial charge in [0.25, 0.3) is 0 Å². The van der Waals surface area contributed by atoms with E-state index in [2.05, 4.69) is 39.8 Å². The molecular formula is C23H27FN4S. The van der Waals surface area contributed by atoms with Crippen molar-refractivity contribution in [1.29, 1.82) is 0 Å². The molecule has 4 nitrogen and oxygen atoms in total. The Labute approximate surface area is 175 Å². The van der Waals surface area contributed by atoms with Crippen molar-refractivity contribution in [2.75, 3.05) is 26.7 Å². The maximum absolute atomic E-state index is 13.8. The van der Waals surface area contributed by atoms with Gasteiger partial charge in [-0.15, -0.1) is 11.3 Å². The molecule has 0 atom stereocenters. The second-order valence-corrected chi connectivity index (χ2v) is 9.39. The summed E-state index contributed by atoms with van der Waals surface area (Å²) in [6.45, 7) is 7.30. The predicted molar refractivity (Wildman–Crippen MR) is 115 cm³/mol. The molecule has 2 aromatic heterocycles. The number of thiophene rings is 1. The van der Waals surface area contributed by atoms with Crippen LogP contribution in [0.25, 0.3) is 11.3 Å². The van der Waals surface area contributed by atoms with E-state index in [9.17, 15) is 4.39 Å². The normalized spacial score (nSPS) is 19.6. The molecule has 2 aliphatic rings. The fourth-order valence-electron chi connectivity index (χ4n) is 4.94. The van der Waals surface area contributed by atoms with Crippen LogP contribution in [0.15, 0.2) is 41.9 Å². The van der Waals surface area contributed by atoms with Crippen LogP contribution in [0.1, 0.15) is 29.1 Å². The number of hydrogen-bond donors (Lipinski definition) is 0. The molecule has 5 rings (SSSR count). The number of likely N-dealkylation sites (N-methyl/N-ethyl adjacent to an activating group) is 1. The Hall–Kier alpha value is -2.02. The zero-order valence-electron chi connectivity index (χ0n) is 17.1. The fraction of sp³-hybridized carbons (Fsp3) is 0.435. The van der Waals surface area contributed by atoms with Gasteiger partial charge in [0.05, 0.1) is 17.4 Å². The van der Waals surface area contributed by atoms with E-state index in [1.165, 1.54) is 16.5 Å². The third-order valence-electron chi connectivity index (χ3n) is 6.80. The number of benzene rings is 1. The van der Waals surface area contributed by atoms with Crippen LogP contribution in [-0.2, 0) is 18.6 Å². The Bertz CT molecular complexity index is 1020. The Kier molecular flexibility index (Phi) is 4.81. The zero-order valence-corrected chi connectivity index (χ0v) is 17.9. The number of piperidine rings is 1. The number of likely N-dealkylation sites (tertiary alicyclic amines) is 1. The van der Waals surface area contributed by atoms with E-state index in [-0.39, 0.29) is 11.4 Å². The van der Waals surface area contributed by atoms with Gasteiger partial charge >= 0.3 is 0 Å². The minimum absolute atomic E-state index is 0.0230. The van der Waals surface area contributed by atoms with Crippen LogP contribution in [0.4, 0.5) is 4.39 Å². The largest absolute Gasteiger partial charge is 0.325 e. The molecule has 0 radical (unpaired) electrons. The number of imidazole rings is 1. The zero-order chi connectivity index (χ0) is 20.0. The Morgan fingerprint density at radius 2 is 1.97 bits per heavy atom. The quantitative estimate of drug-likeness (QED) is 0.636. The summed E-state index contributed by atoms with van der Waals surface area (Å²) in [6.07, 6.45) is 4.09. The third kappa shape index (κ3) is 3.23. The van der Waals surface area contributed by atoms with Gasteiger partial charge in [0, 0.05) is 43.2 Å². The summed E-state index contributed by atoms with van der Waals surface area (Å²) in [5, 5.41) is 2.19. The molecule has 0 amide bonds. The summed E-state index contributed by atoms with van der Waals surface area (Å²) in [4.78, 5) is 11.4. The molecule has 29 heavy (non-hydrogen) atoms. The monoisotopic (exact) mass is 410 g/mol. The number of hydrogen-bond acceptors (Lipinski definition) is 4. The molecule has 1 spiro atoms. The van der Waals surface area contributed by atoms with Crippen molar-refractivity contribution in [2.45, 2.75) is 38.4 Å². The maximum atomic E-state index is 13.8. The molecular weight excluding hydrogens is 383 g/mol. The van der Waals surface area contributed by atoms with Crippen LogP contribution in [0.5, 0.6) is 0 Å². The Morgan fingerprint density at radius 3 is 2.69 bits per heavy atom. The lowest BCUT2D eigenvalue weighted by Gasteiger charge is -2.49. The SMILES string of the molecule is Cc1ccsc1CN1CCC2(CC1)c1ncc(-c3cccc(F)c3)n1CCN2C. The summed E-state index contributed by atoms with van der Waals surface area (Å²) in [5.74, 6) is 0.954. The van der Waals surface area contributed by atoms with E-state index in [0.717, 1.165) is 62.6 Å². The highest BCUT2D eigenvalue weighted by atomic mass is 32.1.